The van der Waals surface area contributed by atoms with E-state index in [0.717, 1.165) is 42.9 Å². The van der Waals surface area contributed by atoms with Crippen LogP contribution in [0.5, 0.6) is 5.75 Å². The Labute approximate surface area is 355 Å². The van der Waals surface area contributed by atoms with Crippen LogP contribution in [0.25, 0.3) is 0 Å². The van der Waals surface area contributed by atoms with E-state index in [-0.39, 0.29) is 29.5 Å². The first-order chi connectivity index (χ1) is 29.0. The number of rotatable bonds is 13. The molecule has 4 heterocycles. The van der Waals surface area contributed by atoms with Gasteiger partial charge in [0, 0.05) is 57.1 Å². The van der Waals surface area contributed by atoms with Gasteiger partial charge in [-0.15, -0.1) is 0 Å². The second-order valence-corrected chi connectivity index (χ2v) is 16.1. The summed E-state index contributed by atoms with van der Waals surface area (Å²) in [5.41, 5.74) is 6.00. The fourth-order valence-corrected chi connectivity index (χ4v) is 8.21. The van der Waals surface area contributed by atoms with Crippen molar-refractivity contribution >= 4 is 69.7 Å². The Morgan fingerprint density at radius 3 is 2.35 bits per heavy atom. The van der Waals surface area contributed by atoms with Gasteiger partial charge in [-0.1, -0.05) is 49.7 Å². The van der Waals surface area contributed by atoms with Crippen molar-refractivity contribution in [3.05, 3.63) is 88.6 Å². The Bertz CT molecular complexity index is 2200. The summed E-state index contributed by atoms with van der Waals surface area (Å²) < 4.78 is 5.88. The van der Waals surface area contributed by atoms with E-state index in [1.54, 1.807) is 32.4 Å². The van der Waals surface area contributed by atoms with Crippen molar-refractivity contribution in [3.8, 4) is 5.75 Å². The first-order valence-electron chi connectivity index (χ1n) is 20.5. The molecule has 0 bridgehead atoms. The summed E-state index contributed by atoms with van der Waals surface area (Å²) in [6, 6.07) is 19.0. The van der Waals surface area contributed by atoms with Crippen LogP contribution in [0.2, 0.25) is 5.02 Å². The number of imide groups is 1. The highest BCUT2D eigenvalue weighted by molar-refractivity contribution is 6.33. The molecule has 1 atom stereocenters. The van der Waals surface area contributed by atoms with E-state index < -0.39 is 6.04 Å². The molecule has 3 aromatic carbocycles. The molecule has 4 amide bonds. The van der Waals surface area contributed by atoms with Crippen LogP contribution in [-0.2, 0) is 14.4 Å². The van der Waals surface area contributed by atoms with Gasteiger partial charge >= 0.3 is 0 Å². The monoisotopic (exact) mass is 836 g/mol. The second kappa shape index (κ2) is 19.0. The predicted octanol–water partition coefficient (Wildman–Crippen LogP) is 5.85. The summed E-state index contributed by atoms with van der Waals surface area (Å²) in [6.45, 7) is 9.09. The van der Waals surface area contributed by atoms with Crippen LogP contribution in [0.1, 0.15) is 72.9 Å². The predicted molar refractivity (Wildman–Crippen MR) is 234 cm³/mol. The van der Waals surface area contributed by atoms with Gasteiger partial charge in [0.1, 0.15) is 16.8 Å². The second-order valence-electron chi connectivity index (χ2n) is 15.7. The van der Waals surface area contributed by atoms with Crippen molar-refractivity contribution in [1.82, 2.24) is 30.4 Å². The van der Waals surface area contributed by atoms with Crippen LogP contribution < -0.4 is 36.2 Å². The lowest BCUT2D eigenvalue weighted by molar-refractivity contribution is -0.134. The minimum atomic E-state index is -0.404. The Morgan fingerprint density at radius 1 is 0.933 bits per heavy atom. The molecule has 1 aromatic heterocycles. The Balaban J connectivity index is 0.928. The van der Waals surface area contributed by atoms with E-state index in [1.807, 2.05) is 29.2 Å². The highest BCUT2D eigenvalue weighted by Gasteiger charge is 2.29. The number of hydrogen-bond acceptors (Lipinski definition) is 12. The fraction of sp³-hybridized carbons (Fsp3) is 0.409. The Morgan fingerprint density at radius 2 is 1.67 bits per heavy atom. The van der Waals surface area contributed by atoms with Crippen molar-refractivity contribution in [1.29, 1.82) is 0 Å². The summed E-state index contributed by atoms with van der Waals surface area (Å²) >= 11 is 6.49. The molecule has 3 aliphatic heterocycles. The van der Waals surface area contributed by atoms with Gasteiger partial charge in [-0.05, 0) is 85.6 Å². The quantitative estimate of drug-likeness (QED) is 0.102. The molecule has 0 spiro atoms. The van der Waals surface area contributed by atoms with E-state index in [0.29, 0.717) is 91.0 Å². The molecule has 1 unspecified atom stereocenters. The van der Waals surface area contributed by atoms with Gasteiger partial charge in [-0.25, -0.2) is 4.98 Å². The maximum Gasteiger partial charge on any atom is 0.253 e. The highest BCUT2D eigenvalue weighted by atomic mass is 35.5. The Kier molecular flexibility index (Phi) is 13.3. The largest absolute Gasteiger partial charge is 0.494 e. The number of carbonyl (C=O) groups is 4. The zero-order valence-corrected chi connectivity index (χ0v) is 35.3. The average molecular weight is 837 g/mol. The number of piperazine rings is 1. The summed E-state index contributed by atoms with van der Waals surface area (Å²) in [5.74, 6) is 1.28. The van der Waals surface area contributed by atoms with Crippen molar-refractivity contribution in [2.75, 3.05) is 80.8 Å². The number of piperidine rings is 2. The van der Waals surface area contributed by atoms with Crippen LogP contribution in [0.4, 0.5) is 34.5 Å². The standard InChI is InChI=1S/C44H53ClN10O5/c1-27(2)32-23-36(50-44-47-25-33(45)41(52-44)49-34-8-6-5-7-31(34)42(58)46-3)38(60-4)24-37(32)54-19-21-55(22-20-54)40(57)26-53-17-15-29(16-18-53)28-9-11-30(12-10-28)48-35-13-14-39(56)51-43(35)59/h5-12,23-25,27,29,35,48H,13-22,26H2,1-4H3,(H,46,58)(H,51,56,59)(H2,47,49,50,52). The number of anilines is 6. The van der Waals surface area contributed by atoms with Gasteiger partial charge in [0.05, 0.1) is 36.8 Å². The number of benzene rings is 3. The molecule has 0 aliphatic carbocycles. The number of carbonyl (C=O) groups excluding carboxylic acids is 4. The van der Waals surface area contributed by atoms with E-state index in [2.05, 4.69) is 78.4 Å². The number of halogens is 1. The molecule has 4 aromatic rings. The first kappa shape index (κ1) is 42.2. The molecule has 0 radical (unpaired) electrons. The molecule has 7 rings (SSSR count). The lowest BCUT2D eigenvalue weighted by atomic mass is 9.89. The third-order valence-electron chi connectivity index (χ3n) is 11.5. The van der Waals surface area contributed by atoms with Crippen LogP contribution >= 0.6 is 11.6 Å². The molecular weight excluding hydrogens is 784 g/mol. The first-order valence-corrected chi connectivity index (χ1v) is 20.9. The fourth-order valence-electron chi connectivity index (χ4n) is 8.07. The van der Waals surface area contributed by atoms with Crippen molar-refractivity contribution in [3.63, 3.8) is 0 Å². The normalized spacial score (nSPS) is 17.6. The number of nitrogens with zero attached hydrogens (tertiary/aromatic N) is 5. The third-order valence-corrected chi connectivity index (χ3v) is 11.8. The molecule has 3 saturated heterocycles. The average Bonchev–Trinajstić information content (AvgIpc) is 3.26. The Hall–Kier alpha value is -5.93. The van der Waals surface area contributed by atoms with Crippen LogP contribution in [0.15, 0.2) is 66.9 Å². The molecule has 316 valence electrons. The minimum absolute atomic E-state index is 0.159. The van der Waals surface area contributed by atoms with Crippen molar-refractivity contribution in [2.24, 2.45) is 0 Å². The highest BCUT2D eigenvalue weighted by Crippen LogP contribution is 2.39. The smallest absolute Gasteiger partial charge is 0.253 e. The van der Waals surface area contributed by atoms with Crippen LogP contribution in [0, 0.1) is 0 Å². The minimum Gasteiger partial charge on any atom is -0.494 e. The van der Waals surface area contributed by atoms with E-state index >= 15 is 0 Å². The number of ether oxygens (including phenoxy) is 1. The maximum absolute atomic E-state index is 13.5. The zero-order valence-electron chi connectivity index (χ0n) is 34.5. The number of amides is 4. The molecule has 60 heavy (non-hydrogen) atoms. The molecule has 16 heteroatoms. The third kappa shape index (κ3) is 9.91. The van der Waals surface area contributed by atoms with Crippen molar-refractivity contribution < 1.29 is 23.9 Å². The number of nitrogens with one attached hydrogen (secondary N) is 5. The van der Waals surface area contributed by atoms with E-state index in [4.69, 9.17) is 16.3 Å². The number of hydrogen-bond donors (Lipinski definition) is 5. The van der Waals surface area contributed by atoms with Gasteiger partial charge in [0.2, 0.25) is 23.7 Å². The molecule has 3 aliphatic rings. The zero-order chi connectivity index (χ0) is 42.3. The van der Waals surface area contributed by atoms with Gasteiger partial charge in [-0.3, -0.25) is 29.4 Å². The van der Waals surface area contributed by atoms with Crippen LogP contribution in [-0.4, -0.2) is 109 Å². The summed E-state index contributed by atoms with van der Waals surface area (Å²) in [4.78, 5) is 65.2. The molecule has 15 nitrogen and oxygen atoms in total. The molecular formula is C44H53ClN10O5. The van der Waals surface area contributed by atoms with Gasteiger partial charge < -0.3 is 35.8 Å². The van der Waals surface area contributed by atoms with Crippen molar-refractivity contribution in [2.45, 2.75) is 57.4 Å². The number of para-hydroxylation sites is 1. The molecule has 0 saturated carbocycles. The van der Waals surface area contributed by atoms with E-state index in [9.17, 15) is 19.2 Å². The summed E-state index contributed by atoms with van der Waals surface area (Å²) in [5, 5.41) is 15.1. The summed E-state index contributed by atoms with van der Waals surface area (Å²) in [7, 11) is 3.21. The van der Waals surface area contributed by atoms with Crippen LogP contribution in [0.3, 0.4) is 0 Å². The lowest BCUT2D eigenvalue weighted by Crippen LogP contribution is -2.52. The van der Waals surface area contributed by atoms with Gasteiger partial charge in [0.25, 0.3) is 5.91 Å². The number of aromatic nitrogens is 2. The number of likely N-dealkylation sites (tertiary alicyclic amines) is 1. The molecule has 3 fully saturated rings. The number of methoxy groups -OCH3 is 1. The topological polar surface area (TPSA) is 173 Å². The lowest BCUT2D eigenvalue weighted by Gasteiger charge is -2.39. The summed E-state index contributed by atoms with van der Waals surface area (Å²) in [6.07, 6.45) is 4.28. The van der Waals surface area contributed by atoms with E-state index in [1.165, 1.54) is 11.8 Å². The van der Waals surface area contributed by atoms with Gasteiger partial charge in [0.15, 0.2) is 5.82 Å². The molecule has 5 N–H and O–H groups in total. The SMILES string of the molecule is CNC(=O)c1ccccc1Nc1nc(Nc2cc(C(C)C)c(N3CCN(C(=O)CN4CCC(c5ccc(NC6CCC(=O)NC6=O)cc5)CC4)CC3)cc2OC)ncc1Cl. The van der Waals surface area contributed by atoms with Gasteiger partial charge in [-0.2, -0.15) is 4.98 Å². The maximum atomic E-state index is 13.5.